The van der Waals surface area contributed by atoms with Crippen molar-refractivity contribution < 1.29 is 28.5 Å². The van der Waals surface area contributed by atoms with Gasteiger partial charge < -0.3 is 18.9 Å². The van der Waals surface area contributed by atoms with Gasteiger partial charge in [0.15, 0.2) is 5.76 Å². The minimum Gasteiger partial charge on any atom is -0.496 e. The number of ether oxygens (including phenoxy) is 4. The fraction of sp³-hybridized carbons (Fsp3) is 0.120. The maximum absolute atomic E-state index is 12.7. The summed E-state index contributed by atoms with van der Waals surface area (Å²) in [7, 11) is 2.92. The summed E-state index contributed by atoms with van der Waals surface area (Å²) >= 11 is 0. The largest absolute Gasteiger partial charge is 0.496 e. The molecule has 1 aliphatic rings. The van der Waals surface area contributed by atoms with Crippen LogP contribution in [0.3, 0.4) is 0 Å². The Labute approximate surface area is 179 Å². The molecule has 0 saturated carbocycles. The smallest absolute Gasteiger partial charge is 0.337 e. The maximum atomic E-state index is 12.7. The van der Waals surface area contributed by atoms with Crippen molar-refractivity contribution in [1.82, 2.24) is 0 Å². The maximum Gasteiger partial charge on any atom is 0.337 e. The highest BCUT2D eigenvalue weighted by Gasteiger charge is 2.28. The molecule has 0 amide bonds. The molecule has 3 aromatic carbocycles. The third kappa shape index (κ3) is 4.28. The van der Waals surface area contributed by atoms with Crippen LogP contribution in [-0.2, 0) is 11.3 Å². The number of carbonyl (C=O) groups excluding carboxylic acids is 2. The van der Waals surface area contributed by atoms with E-state index in [2.05, 4.69) is 0 Å². The summed E-state index contributed by atoms with van der Waals surface area (Å²) in [5.74, 6) is 1.34. The molecule has 1 heterocycles. The lowest BCUT2D eigenvalue weighted by Crippen LogP contribution is -2.02. The van der Waals surface area contributed by atoms with Crippen LogP contribution in [0, 0.1) is 0 Å². The monoisotopic (exact) mass is 416 g/mol. The van der Waals surface area contributed by atoms with Gasteiger partial charge in [0.25, 0.3) is 0 Å². The number of hydrogen-bond acceptors (Lipinski definition) is 6. The van der Waals surface area contributed by atoms with Gasteiger partial charge in [-0.15, -0.1) is 0 Å². The average molecular weight is 416 g/mol. The molecule has 0 fully saturated rings. The van der Waals surface area contributed by atoms with E-state index in [1.165, 1.54) is 7.11 Å². The van der Waals surface area contributed by atoms with Gasteiger partial charge in [0, 0.05) is 11.6 Å². The van der Waals surface area contributed by atoms with Gasteiger partial charge in [0.2, 0.25) is 5.78 Å². The number of esters is 1. The Morgan fingerprint density at radius 3 is 2.52 bits per heavy atom. The molecule has 0 atom stereocenters. The topological polar surface area (TPSA) is 71.1 Å². The second kappa shape index (κ2) is 8.75. The van der Waals surface area contributed by atoms with E-state index in [-0.39, 0.29) is 17.5 Å². The van der Waals surface area contributed by atoms with Crippen LogP contribution in [0.25, 0.3) is 6.08 Å². The summed E-state index contributed by atoms with van der Waals surface area (Å²) in [6, 6.07) is 19.5. The number of rotatable bonds is 6. The number of benzene rings is 3. The number of fused-ring (bicyclic) bond motifs is 1. The van der Waals surface area contributed by atoms with Crippen LogP contribution in [0.1, 0.15) is 31.8 Å². The molecule has 6 heteroatoms. The molecular formula is C25H20O6. The van der Waals surface area contributed by atoms with E-state index in [1.807, 2.05) is 24.3 Å². The minimum absolute atomic E-state index is 0.189. The first-order chi connectivity index (χ1) is 15.1. The van der Waals surface area contributed by atoms with E-state index in [4.69, 9.17) is 18.9 Å². The second-order valence-electron chi connectivity index (χ2n) is 6.82. The standard InChI is InChI=1S/C25H20O6/c1-28-21-6-4-3-5-18(21)13-23-24(26)20-12-11-19(14-22(20)31-23)30-15-16-7-9-17(10-8-16)25(27)29-2/h3-14H,15H2,1-2H3. The fourth-order valence-corrected chi connectivity index (χ4v) is 3.21. The summed E-state index contributed by atoms with van der Waals surface area (Å²) in [6.07, 6.45) is 1.67. The van der Waals surface area contributed by atoms with Crippen molar-refractivity contribution in [3.63, 3.8) is 0 Å². The van der Waals surface area contributed by atoms with Crippen LogP contribution in [-0.4, -0.2) is 26.0 Å². The molecule has 3 aromatic rings. The summed E-state index contributed by atoms with van der Waals surface area (Å²) < 4.78 is 21.6. The van der Waals surface area contributed by atoms with Crippen molar-refractivity contribution in [2.45, 2.75) is 6.61 Å². The summed E-state index contributed by atoms with van der Waals surface area (Å²) in [5, 5.41) is 0. The number of allylic oxidation sites excluding steroid dienone is 1. The van der Waals surface area contributed by atoms with Crippen molar-refractivity contribution in [1.29, 1.82) is 0 Å². The van der Waals surface area contributed by atoms with Gasteiger partial charge in [-0.3, -0.25) is 4.79 Å². The van der Waals surface area contributed by atoms with Gasteiger partial charge in [-0.25, -0.2) is 4.79 Å². The molecule has 0 aliphatic carbocycles. The number of ketones is 1. The van der Waals surface area contributed by atoms with Crippen LogP contribution < -0.4 is 14.2 Å². The Hall–Kier alpha value is -4.06. The van der Waals surface area contributed by atoms with Gasteiger partial charge in [-0.2, -0.15) is 0 Å². The van der Waals surface area contributed by atoms with Gasteiger partial charge in [0.1, 0.15) is 23.9 Å². The fourth-order valence-electron chi connectivity index (χ4n) is 3.21. The normalized spacial score (nSPS) is 13.5. The van der Waals surface area contributed by atoms with E-state index >= 15 is 0 Å². The van der Waals surface area contributed by atoms with E-state index in [1.54, 1.807) is 55.7 Å². The van der Waals surface area contributed by atoms with Crippen LogP contribution >= 0.6 is 0 Å². The molecule has 0 unspecified atom stereocenters. The molecule has 4 rings (SSSR count). The zero-order valence-electron chi connectivity index (χ0n) is 17.1. The Kier molecular flexibility index (Phi) is 5.71. The van der Waals surface area contributed by atoms with E-state index in [9.17, 15) is 9.59 Å². The molecule has 0 radical (unpaired) electrons. The lowest BCUT2D eigenvalue weighted by atomic mass is 10.1. The highest BCUT2D eigenvalue weighted by atomic mass is 16.5. The van der Waals surface area contributed by atoms with E-state index in [0.29, 0.717) is 35.0 Å². The van der Waals surface area contributed by atoms with Crippen LogP contribution in [0.15, 0.2) is 72.5 Å². The van der Waals surface area contributed by atoms with Crippen LogP contribution in [0.2, 0.25) is 0 Å². The predicted molar refractivity (Wildman–Crippen MR) is 114 cm³/mol. The first kappa shape index (κ1) is 20.2. The van der Waals surface area contributed by atoms with Gasteiger partial charge in [-0.05, 0) is 42.0 Å². The first-order valence-corrected chi connectivity index (χ1v) is 9.60. The van der Waals surface area contributed by atoms with Crippen LogP contribution in [0.5, 0.6) is 17.2 Å². The lowest BCUT2D eigenvalue weighted by Gasteiger charge is -2.08. The molecule has 1 aliphatic heterocycles. The van der Waals surface area contributed by atoms with Crippen molar-refractivity contribution in [2.75, 3.05) is 14.2 Å². The zero-order chi connectivity index (χ0) is 21.8. The SMILES string of the molecule is COC(=O)c1ccc(COc2ccc3c(c2)OC(=Cc2ccccc2OC)C3=O)cc1. The van der Waals surface area contributed by atoms with E-state index in [0.717, 1.165) is 11.1 Å². The summed E-state index contributed by atoms with van der Waals surface area (Å²) in [4.78, 5) is 24.2. The molecule has 0 N–H and O–H groups in total. The quantitative estimate of drug-likeness (QED) is 0.429. The number of para-hydroxylation sites is 1. The molecule has 31 heavy (non-hydrogen) atoms. The highest BCUT2D eigenvalue weighted by Crippen LogP contribution is 2.35. The Morgan fingerprint density at radius 2 is 1.77 bits per heavy atom. The zero-order valence-corrected chi connectivity index (χ0v) is 17.1. The van der Waals surface area contributed by atoms with Gasteiger partial charge in [0.05, 0.1) is 25.3 Å². The van der Waals surface area contributed by atoms with E-state index < -0.39 is 0 Å². The Morgan fingerprint density at radius 1 is 1.00 bits per heavy atom. The Balaban J connectivity index is 1.47. The number of carbonyl (C=O) groups is 2. The number of Topliss-reactive ketones (excluding diaryl/α,β-unsaturated/α-hetero) is 1. The van der Waals surface area contributed by atoms with Gasteiger partial charge >= 0.3 is 5.97 Å². The molecule has 0 spiro atoms. The van der Waals surface area contributed by atoms with Crippen molar-refractivity contribution >= 4 is 17.8 Å². The molecule has 6 nitrogen and oxygen atoms in total. The second-order valence-corrected chi connectivity index (χ2v) is 6.82. The number of methoxy groups -OCH3 is 2. The third-order valence-electron chi connectivity index (χ3n) is 4.85. The molecule has 156 valence electrons. The summed E-state index contributed by atoms with van der Waals surface area (Å²) in [5.41, 5.74) is 2.61. The molecule has 0 aromatic heterocycles. The first-order valence-electron chi connectivity index (χ1n) is 9.60. The third-order valence-corrected chi connectivity index (χ3v) is 4.85. The predicted octanol–water partition coefficient (Wildman–Crippen LogP) is 4.68. The minimum atomic E-state index is -0.384. The highest BCUT2D eigenvalue weighted by molar-refractivity contribution is 6.14. The van der Waals surface area contributed by atoms with Crippen molar-refractivity contribution in [3.05, 3.63) is 94.7 Å². The van der Waals surface area contributed by atoms with Crippen LogP contribution in [0.4, 0.5) is 0 Å². The van der Waals surface area contributed by atoms with Crippen molar-refractivity contribution in [3.8, 4) is 17.2 Å². The molecular weight excluding hydrogens is 396 g/mol. The molecule has 0 saturated heterocycles. The van der Waals surface area contributed by atoms with Gasteiger partial charge in [-0.1, -0.05) is 30.3 Å². The molecule has 0 bridgehead atoms. The Bertz CT molecular complexity index is 1160. The van der Waals surface area contributed by atoms with Crippen molar-refractivity contribution in [2.24, 2.45) is 0 Å². The number of hydrogen-bond donors (Lipinski definition) is 0. The average Bonchev–Trinajstić information content (AvgIpc) is 3.12. The lowest BCUT2D eigenvalue weighted by molar-refractivity contribution is 0.0600. The summed E-state index contributed by atoms with van der Waals surface area (Å²) in [6.45, 7) is 0.304.